The Bertz CT molecular complexity index is 652. The van der Waals surface area contributed by atoms with Gasteiger partial charge in [0.2, 0.25) is 11.8 Å². The first-order valence-electron chi connectivity index (χ1n) is 9.59. The molecule has 0 spiro atoms. The minimum Gasteiger partial charge on any atom is -0.443 e. The molecule has 1 fully saturated rings. The summed E-state index contributed by atoms with van der Waals surface area (Å²) in [6, 6.07) is -0.304. The topological polar surface area (TPSA) is 116 Å². The van der Waals surface area contributed by atoms with E-state index < -0.39 is 17.9 Å². The Morgan fingerprint density at radius 2 is 2.15 bits per heavy atom. The predicted octanol–water partition coefficient (Wildman–Crippen LogP) is 2.31. The average molecular weight is 381 g/mol. The van der Waals surface area contributed by atoms with Crippen molar-refractivity contribution < 1.29 is 24.3 Å². The maximum absolute atomic E-state index is 13.1. The van der Waals surface area contributed by atoms with Crippen molar-refractivity contribution in [2.45, 2.75) is 77.4 Å². The number of unbranched alkanes of at least 4 members (excludes halogenated alkanes) is 1. The lowest BCUT2D eigenvalue weighted by atomic mass is 9.93. The Labute approximate surface area is 159 Å². The number of oxazole rings is 1. The van der Waals surface area contributed by atoms with Crippen molar-refractivity contribution in [2.24, 2.45) is 5.92 Å². The Balaban J connectivity index is 2.23. The smallest absolute Gasteiger partial charge is 0.272 e. The summed E-state index contributed by atoms with van der Waals surface area (Å²) in [5.74, 6) is -0.946. The lowest BCUT2D eigenvalue weighted by molar-refractivity contribution is -0.151. The number of rotatable bonds is 7. The molecule has 0 aromatic carbocycles. The van der Waals surface area contributed by atoms with Crippen LogP contribution in [0.4, 0.5) is 0 Å². The number of nitrogens with one attached hydrogen (secondary N) is 1. The van der Waals surface area contributed by atoms with Crippen molar-refractivity contribution in [3.8, 4) is 0 Å². The number of hydrogen-bond donors (Lipinski definition) is 3. The van der Waals surface area contributed by atoms with E-state index in [-0.39, 0.29) is 17.4 Å². The summed E-state index contributed by atoms with van der Waals surface area (Å²) in [5, 5.41) is 19.1. The highest BCUT2D eigenvalue weighted by atomic mass is 16.5. The number of hydrogen-bond acceptors (Lipinski definition) is 6. The SMILES string of the molecule is CCCC[C@@H](C(=O)N1CCC[C@H]1c1ncc(C(C)(C)C)o1)[C@H](O)C(=O)NO. The Morgan fingerprint density at radius 3 is 2.70 bits per heavy atom. The summed E-state index contributed by atoms with van der Waals surface area (Å²) in [4.78, 5) is 30.8. The fraction of sp³-hybridized carbons (Fsp3) is 0.737. The zero-order chi connectivity index (χ0) is 20.2. The molecule has 0 radical (unpaired) electrons. The molecular formula is C19H31N3O5. The van der Waals surface area contributed by atoms with Gasteiger partial charge in [-0.15, -0.1) is 0 Å². The zero-order valence-electron chi connectivity index (χ0n) is 16.6. The number of carbonyl (C=O) groups excluding carboxylic acids is 2. The lowest BCUT2D eigenvalue weighted by Crippen LogP contribution is -2.46. The molecule has 1 saturated heterocycles. The molecule has 1 aliphatic rings. The minimum absolute atomic E-state index is 0.183. The molecule has 1 aliphatic heterocycles. The second kappa shape index (κ2) is 8.84. The third-order valence-electron chi connectivity index (χ3n) is 5.03. The van der Waals surface area contributed by atoms with Gasteiger partial charge in [0.05, 0.1) is 12.1 Å². The molecule has 3 N–H and O–H groups in total. The van der Waals surface area contributed by atoms with Crippen LogP contribution < -0.4 is 5.48 Å². The fourth-order valence-electron chi connectivity index (χ4n) is 3.38. The molecule has 0 unspecified atom stereocenters. The Morgan fingerprint density at radius 1 is 1.44 bits per heavy atom. The summed E-state index contributed by atoms with van der Waals surface area (Å²) < 4.78 is 5.92. The summed E-state index contributed by atoms with van der Waals surface area (Å²) in [5.41, 5.74) is 1.26. The highest BCUT2D eigenvalue weighted by molar-refractivity contribution is 5.89. The second-order valence-electron chi connectivity index (χ2n) is 8.17. The van der Waals surface area contributed by atoms with Crippen LogP contribution in [0, 0.1) is 5.92 Å². The van der Waals surface area contributed by atoms with Crippen LogP contribution in [0.2, 0.25) is 0 Å². The van der Waals surface area contributed by atoms with Crippen molar-refractivity contribution in [3.05, 3.63) is 17.8 Å². The zero-order valence-corrected chi connectivity index (χ0v) is 16.6. The van der Waals surface area contributed by atoms with Gasteiger partial charge in [0.25, 0.3) is 5.91 Å². The third-order valence-corrected chi connectivity index (χ3v) is 5.03. The first kappa shape index (κ1) is 21.4. The number of aromatic nitrogens is 1. The van der Waals surface area contributed by atoms with Crippen LogP contribution in [0.25, 0.3) is 0 Å². The van der Waals surface area contributed by atoms with Gasteiger partial charge in [-0.05, 0) is 19.3 Å². The second-order valence-corrected chi connectivity index (χ2v) is 8.17. The summed E-state index contributed by atoms with van der Waals surface area (Å²) in [6.45, 7) is 8.57. The van der Waals surface area contributed by atoms with E-state index in [9.17, 15) is 14.7 Å². The van der Waals surface area contributed by atoms with Crippen molar-refractivity contribution in [3.63, 3.8) is 0 Å². The molecule has 1 aromatic rings. The van der Waals surface area contributed by atoms with E-state index in [4.69, 9.17) is 9.62 Å². The van der Waals surface area contributed by atoms with Gasteiger partial charge < -0.3 is 14.4 Å². The first-order valence-corrected chi connectivity index (χ1v) is 9.59. The highest BCUT2D eigenvalue weighted by Crippen LogP contribution is 2.35. The maximum Gasteiger partial charge on any atom is 0.272 e. The summed E-state index contributed by atoms with van der Waals surface area (Å²) >= 11 is 0. The van der Waals surface area contributed by atoms with Gasteiger partial charge in [0, 0.05) is 12.0 Å². The van der Waals surface area contributed by atoms with Crippen LogP contribution in [0.1, 0.15) is 77.5 Å². The molecule has 0 saturated carbocycles. The number of aliphatic hydroxyl groups excluding tert-OH is 1. The van der Waals surface area contributed by atoms with Gasteiger partial charge >= 0.3 is 0 Å². The lowest BCUT2D eigenvalue weighted by Gasteiger charge is -2.29. The highest BCUT2D eigenvalue weighted by Gasteiger charge is 2.40. The summed E-state index contributed by atoms with van der Waals surface area (Å²) in [7, 11) is 0. The van der Waals surface area contributed by atoms with Gasteiger partial charge in [-0.25, -0.2) is 10.5 Å². The molecule has 8 heteroatoms. The number of amides is 2. The van der Waals surface area contributed by atoms with Crippen molar-refractivity contribution in [2.75, 3.05) is 6.54 Å². The van der Waals surface area contributed by atoms with E-state index in [0.29, 0.717) is 25.3 Å². The van der Waals surface area contributed by atoms with Gasteiger partial charge in [-0.3, -0.25) is 14.8 Å². The molecule has 3 atom stereocenters. The molecular weight excluding hydrogens is 350 g/mol. The van der Waals surface area contributed by atoms with Crippen LogP contribution in [0.3, 0.4) is 0 Å². The van der Waals surface area contributed by atoms with E-state index in [1.165, 1.54) is 5.48 Å². The van der Waals surface area contributed by atoms with E-state index in [2.05, 4.69) is 4.98 Å². The van der Waals surface area contributed by atoms with Crippen LogP contribution in [0.15, 0.2) is 10.6 Å². The van der Waals surface area contributed by atoms with Crippen LogP contribution >= 0.6 is 0 Å². The normalized spacial score (nSPS) is 19.8. The van der Waals surface area contributed by atoms with E-state index in [1.807, 2.05) is 27.7 Å². The monoisotopic (exact) mass is 381 g/mol. The Kier molecular flexibility index (Phi) is 7.00. The average Bonchev–Trinajstić information content (AvgIpc) is 3.29. The molecule has 152 valence electrons. The van der Waals surface area contributed by atoms with Gasteiger partial charge in [-0.1, -0.05) is 40.5 Å². The quantitative estimate of drug-likeness (QED) is 0.493. The molecule has 0 bridgehead atoms. The molecule has 0 aliphatic carbocycles. The van der Waals surface area contributed by atoms with E-state index >= 15 is 0 Å². The number of carbonyl (C=O) groups is 2. The fourth-order valence-corrected chi connectivity index (χ4v) is 3.38. The van der Waals surface area contributed by atoms with Gasteiger partial charge in [0.15, 0.2) is 0 Å². The molecule has 8 nitrogen and oxygen atoms in total. The van der Waals surface area contributed by atoms with Crippen molar-refractivity contribution in [1.82, 2.24) is 15.4 Å². The Hall–Kier alpha value is -1.93. The van der Waals surface area contributed by atoms with E-state index in [0.717, 1.165) is 25.0 Å². The van der Waals surface area contributed by atoms with Crippen molar-refractivity contribution >= 4 is 11.8 Å². The van der Waals surface area contributed by atoms with E-state index in [1.54, 1.807) is 11.1 Å². The number of hydroxylamine groups is 1. The molecule has 27 heavy (non-hydrogen) atoms. The number of likely N-dealkylation sites (tertiary alicyclic amines) is 1. The van der Waals surface area contributed by atoms with Crippen LogP contribution in [0.5, 0.6) is 0 Å². The van der Waals surface area contributed by atoms with Crippen LogP contribution in [-0.2, 0) is 15.0 Å². The molecule has 1 aromatic heterocycles. The van der Waals surface area contributed by atoms with Gasteiger partial charge in [-0.2, -0.15) is 0 Å². The first-order chi connectivity index (χ1) is 12.7. The molecule has 2 rings (SSSR count). The third kappa shape index (κ3) is 4.87. The number of aliphatic hydroxyl groups is 1. The molecule has 2 amide bonds. The van der Waals surface area contributed by atoms with Gasteiger partial charge in [0.1, 0.15) is 17.9 Å². The van der Waals surface area contributed by atoms with Crippen molar-refractivity contribution in [1.29, 1.82) is 0 Å². The largest absolute Gasteiger partial charge is 0.443 e. The molecule has 2 heterocycles. The standard InChI is InChI=1S/C19H31N3O5/c1-5-6-8-12(15(23)16(24)21-26)18(25)22-10-7-9-13(22)17-20-11-14(27-17)19(2,3)4/h11-13,15,23,26H,5-10H2,1-4H3,(H,21,24)/t12-,13+,15+/m1/s1. The number of nitrogens with zero attached hydrogens (tertiary/aromatic N) is 2. The summed E-state index contributed by atoms with van der Waals surface area (Å²) in [6.07, 6.45) is 3.51. The van der Waals surface area contributed by atoms with Crippen LogP contribution in [-0.4, -0.2) is 44.7 Å². The maximum atomic E-state index is 13.1. The minimum atomic E-state index is -1.59. The predicted molar refractivity (Wildman–Crippen MR) is 97.8 cm³/mol.